The van der Waals surface area contributed by atoms with Gasteiger partial charge < -0.3 is 10.2 Å². The van der Waals surface area contributed by atoms with Crippen molar-refractivity contribution < 1.29 is 4.39 Å². The second-order valence-corrected chi connectivity index (χ2v) is 4.50. The van der Waals surface area contributed by atoms with Gasteiger partial charge in [-0.1, -0.05) is 25.1 Å². The van der Waals surface area contributed by atoms with Gasteiger partial charge in [-0.25, -0.2) is 9.37 Å². The van der Waals surface area contributed by atoms with Gasteiger partial charge >= 0.3 is 0 Å². The van der Waals surface area contributed by atoms with Crippen LogP contribution in [0.25, 0.3) is 0 Å². The van der Waals surface area contributed by atoms with Crippen LogP contribution in [0.2, 0.25) is 0 Å². The molecule has 106 valence electrons. The summed E-state index contributed by atoms with van der Waals surface area (Å²) in [5.41, 5.74) is 1.93. The van der Waals surface area contributed by atoms with Crippen LogP contribution in [0.5, 0.6) is 0 Å². The maximum absolute atomic E-state index is 13.4. The van der Waals surface area contributed by atoms with Gasteiger partial charge in [-0.15, -0.1) is 0 Å². The summed E-state index contributed by atoms with van der Waals surface area (Å²) in [5, 5.41) is 3.23. The highest BCUT2D eigenvalue weighted by Crippen LogP contribution is 2.26. The lowest BCUT2D eigenvalue weighted by Crippen LogP contribution is -2.22. The fourth-order valence-corrected chi connectivity index (χ4v) is 2.17. The molecular formula is C16H20FN3. The second kappa shape index (κ2) is 7.01. The summed E-state index contributed by atoms with van der Waals surface area (Å²) in [7, 11) is 0. The lowest BCUT2D eigenvalue weighted by molar-refractivity contribution is 0.614. The molecule has 0 atom stereocenters. The molecule has 0 aliphatic rings. The average Bonchev–Trinajstić information content (AvgIpc) is 2.49. The van der Waals surface area contributed by atoms with Crippen LogP contribution in [0, 0.1) is 5.82 Å². The zero-order chi connectivity index (χ0) is 14.4. The van der Waals surface area contributed by atoms with Gasteiger partial charge in [0.2, 0.25) is 0 Å². The number of benzene rings is 1. The van der Waals surface area contributed by atoms with Crippen LogP contribution in [-0.2, 0) is 6.54 Å². The number of aromatic nitrogens is 1. The molecule has 3 nitrogen and oxygen atoms in total. The molecule has 0 spiro atoms. The third-order valence-corrected chi connectivity index (χ3v) is 3.11. The van der Waals surface area contributed by atoms with E-state index in [1.807, 2.05) is 37.3 Å². The molecule has 0 aliphatic heterocycles. The zero-order valence-electron chi connectivity index (χ0n) is 11.9. The van der Waals surface area contributed by atoms with E-state index in [1.54, 1.807) is 6.07 Å². The van der Waals surface area contributed by atoms with Crippen LogP contribution in [0.4, 0.5) is 15.9 Å². The van der Waals surface area contributed by atoms with E-state index < -0.39 is 0 Å². The normalized spacial score (nSPS) is 10.6. The van der Waals surface area contributed by atoms with Gasteiger partial charge in [0.05, 0.1) is 6.20 Å². The summed E-state index contributed by atoms with van der Waals surface area (Å²) in [6.07, 6.45) is 1.27. The average molecular weight is 273 g/mol. The molecule has 4 heteroatoms. The van der Waals surface area contributed by atoms with Gasteiger partial charge in [0, 0.05) is 24.3 Å². The number of nitrogens with one attached hydrogen (secondary N) is 1. The topological polar surface area (TPSA) is 28.2 Å². The molecule has 1 aromatic carbocycles. The molecule has 0 saturated heterocycles. The van der Waals surface area contributed by atoms with Gasteiger partial charge in [-0.2, -0.15) is 0 Å². The van der Waals surface area contributed by atoms with E-state index in [-0.39, 0.29) is 5.82 Å². The van der Waals surface area contributed by atoms with Gasteiger partial charge in [-0.05, 0) is 31.7 Å². The number of para-hydroxylation sites is 1. The standard InChI is InChI=1S/C16H20FN3/c1-3-18-11-13-10-14(17)12-19-16(13)20(4-2)15-8-6-5-7-9-15/h5-10,12,18H,3-4,11H2,1-2H3. The third kappa shape index (κ3) is 3.33. The molecule has 0 aliphatic carbocycles. The lowest BCUT2D eigenvalue weighted by Gasteiger charge is -2.24. The van der Waals surface area contributed by atoms with Crippen molar-refractivity contribution in [3.63, 3.8) is 0 Å². The predicted octanol–water partition coefficient (Wildman–Crippen LogP) is 3.49. The first kappa shape index (κ1) is 14.5. The van der Waals surface area contributed by atoms with Crippen molar-refractivity contribution in [1.82, 2.24) is 10.3 Å². The minimum absolute atomic E-state index is 0.300. The Morgan fingerprint density at radius 3 is 2.60 bits per heavy atom. The molecule has 2 rings (SSSR count). The Kier molecular flexibility index (Phi) is 5.07. The minimum atomic E-state index is -0.300. The molecule has 0 amide bonds. The highest BCUT2D eigenvalue weighted by molar-refractivity contribution is 5.62. The largest absolute Gasteiger partial charge is 0.326 e. The first-order valence-electron chi connectivity index (χ1n) is 6.94. The summed E-state index contributed by atoms with van der Waals surface area (Å²) in [5.74, 6) is 0.506. The smallest absolute Gasteiger partial charge is 0.141 e. The maximum atomic E-state index is 13.4. The Bertz CT molecular complexity index is 543. The van der Waals surface area contributed by atoms with Crippen molar-refractivity contribution >= 4 is 11.5 Å². The predicted molar refractivity (Wildman–Crippen MR) is 80.7 cm³/mol. The van der Waals surface area contributed by atoms with E-state index in [0.717, 1.165) is 30.2 Å². The summed E-state index contributed by atoms with van der Waals surface area (Å²) < 4.78 is 13.4. The summed E-state index contributed by atoms with van der Waals surface area (Å²) in [6.45, 7) is 6.32. The molecule has 0 bridgehead atoms. The van der Waals surface area contributed by atoms with E-state index >= 15 is 0 Å². The third-order valence-electron chi connectivity index (χ3n) is 3.11. The first-order valence-corrected chi connectivity index (χ1v) is 6.94. The molecule has 0 unspecified atom stereocenters. The Morgan fingerprint density at radius 2 is 1.95 bits per heavy atom. The van der Waals surface area contributed by atoms with Crippen molar-refractivity contribution in [2.45, 2.75) is 20.4 Å². The van der Waals surface area contributed by atoms with Gasteiger partial charge in [0.1, 0.15) is 11.6 Å². The van der Waals surface area contributed by atoms with E-state index in [2.05, 4.69) is 22.1 Å². The van der Waals surface area contributed by atoms with E-state index in [0.29, 0.717) is 6.54 Å². The fraction of sp³-hybridized carbons (Fsp3) is 0.312. The molecule has 2 aromatic rings. The Hall–Kier alpha value is -1.94. The highest BCUT2D eigenvalue weighted by atomic mass is 19.1. The molecule has 20 heavy (non-hydrogen) atoms. The molecule has 0 radical (unpaired) electrons. The number of rotatable bonds is 6. The van der Waals surface area contributed by atoms with Crippen LogP contribution >= 0.6 is 0 Å². The summed E-state index contributed by atoms with van der Waals surface area (Å²) in [6, 6.07) is 11.6. The van der Waals surface area contributed by atoms with Crippen molar-refractivity contribution in [3.8, 4) is 0 Å². The second-order valence-electron chi connectivity index (χ2n) is 4.50. The van der Waals surface area contributed by atoms with Gasteiger partial charge in [0.25, 0.3) is 0 Å². The molecule has 1 aromatic heterocycles. The minimum Gasteiger partial charge on any atom is -0.326 e. The highest BCUT2D eigenvalue weighted by Gasteiger charge is 2.13. The number of nitrogens with zero attached hydrogens (tertiary/aromatic N) is 2. The van der Waals surface area contributed by atoms with Crippen LogP contribution in [0.15, 0.2) is 42.6 Å². The maximum Gasteiger partial charge on any atom is 0.141 e. The molecule has 0 saturated carbocycles. The Morgan fingerprint density at radius 1 is 1.20 bits per heavy atom. The fourth-order valence-electron chi connectivity index (χ4n) is 2.17. The van der Waals surface area contributed by atoms with Gasteiger partial charge in [0.15, 0.2) is 0 Å². The van der Waals surface area contributed by atoms with Crippen LogP contribution in [0.3, 0.4) is 0 Å². The van der Waals surface area contributed by atoms with Crippen LogP contribution < -0.4 is 10.2 Å². The zero-order valence-corrected chi connectivity index (χ0v) is 11.9. The van der Waals surface area contributed by atoms with Crippen LogP contribution in [0.1, 0.15) is 19.4 Å². The first-order chi connectivity index (χ1) is 9.76. The number of hydrogen-bond acceptors (Lipinski definition) is 3. The molecule has 1 heterocycles. The van der Waals surface area contributed by atoms with E-state index in [1.165, 1.54) is 6.20 Å². The number of pyridine rings is 1. The summed E-state index contributed by atoms with van der Waals surface area (Å²) >= 11 is 0. The number of anilines is 2. The lowest BCUT2D eigenvalue weighted by atomic mass is 10.2. The molecule has 1 N–H and O–H groups in total. The van der Waals surface area contributed by atoms with Crippen molar-refractivity contribution in [2.75, 3.05) is 18.0 Å². The molecular weight excluding hydrogens is 253 g/mol. The van der Waals surface area contributed by atoms with Crippen molar-refractivity contribution in [3.05, 3.63) is 54.0 Å². The van der Waals surface area contributed by atoms with E-state index in [9.17, 15) is 4.39 Å². The van der Waals surface area contributed by atoms with Gasteiger partial charge in [-0.3, -0.25) is 0 Å². The van der Waals surface area contributed by atoms with Crippen molar-refractivity contribution in [2.24, 2.45) is 0 Å². The summed E-state index contributed by atoms with van der Waals surface area (Å²) in [4.78, 5) is 6.38. The monoisotopic (exact) mass is 273 g/mol. The Labute approximate surface area is 119 Å². The van der Waals surface area contributed by atoms with Crippen LogP contribution in [-0.4, -0.2) is 18.1 Å². The Balaban J connectivity index is 2.38. The van der Waals surface area contributed by atoms with E-state index in [4.69, 9.17) is 0 Å². The quantitative estimate of drug-likeness (QED) is 0.873. The SMILES string of the molecule is CCNCc1cc(F)cnc1N(CC)c1ccccc1. The van der Waals surface area contributed by atoms with Crippen molar-refractivity contribution in [1.29, 1.82) is 0 Å². The number of hydrogen-bond donors (Lipinski definition) is 1. The molecule has 0 fully saturated rings. The number of halogens is 1.